The van der Waals surface area contributed by atoms with Crippen molar-refractivity contribution in [2.45, 2.75) is 79.6 Å². The molecule has 0 aliphatic rings. The van der Waals surface area contributed by atoms with E-state index in [1.807, 2.05) is 0 Å². The van der Waals surface area contributed by atoms with Crippen LogP contribution in [0, 0.1) is 0 Å². The summed E-state index contributed by atoms with van der Waals surface area (Å²) in [7, 11) is 0. The zero-order valence-electron chi connectivity index (χ0n) is 13.2. The van der Waals surface area contributed by atoms with Crippen LogP contribution >= 0.6 is 0 Å². The van der Waals surface area contributed by atoms with Gasteiger partial charge >= 0.3 is 0 Å². The fourth-order valence-corrected chi connectivity index (χ4v) is 1.99. The SMILES string of the molecule is CC/C=C(/C)CC/C(C)=C/CC/C(C)=C/CCC. The van der Waals surface area contributed by atoms with Gasteiger partial charge in [-0.3, -0.25) is 0 Å². The quantitative estimate of drug-likeness (QED) is 0.403. The molecule has 0 aromatic rings. The van der Waals surface area contributed by atoms with Gasteiger partial charge in [-0.05, 0) is 59.3 Å². The molecule has 0 aliphatic heterocycles. The zero-order valence-corrected chi connectivity index (χ0v) is 13.2. The van der Waals surface area contributed by atoms with E-state index in [2.05, 4.69) is 52.8 Å². The first-order valence-electron chi connectivity index (χ1n) is 7.57. The van der Waals surface area contributed by atoms with Gasteiger partial charge in [-0.25, -0.2) is 0 Å². The van der Waals surface area contributed by atoms with E-state index in [9.17, 15) is 0 Å². The number of allylic oxidation sites excluding steroid dienone is 6. The van der Waals surface area contributed by atoms with Crippen LogP contribution < -0.4 is 0 Å². The Morgan fingerprint density at radius 1 is 0.667 bits per heavy atom. The molecule has 0 saturated heterocycles. The van der Waals surface area contributed by atoms with Gasteiger partial charge in [0.15, 0.2) is 0 Å². The summed E-state index contributed by atoms with van der Waals surface area (Å²) in [4.78, 5) is 0. The predicted octanol–water partition coefficient (Wildman–Crippen LogP) is 6.60. The first-order valence-corrected chi connectivity index (χ1v) is 7.57. The van der Waals surface area contributed by atoms with Gasteiger partial charge in [0.25, 0.3) is 0 Å². The molecule has 0 aromatic carbocycles. The highest BCUT2D eigenvalue weighted by Gasteiger charge is 1.94. The largest absolute Gasteiger partial charge is 0.0859 e. The third-order valence-electron chi connectivity index (χ3n) is 3.28. The molecule has 0 nitrogen and oxygen atoms in total. The minimum absolute atomic E-state index is 1.16. The van der Waals surface area contributed by atoms with Gasteiger partial charge in [0.2, 0.25) is 0 Å². The van der Waals surface area contributed by atoms with Crippen molar-refractivity contribution in [3.63, 3.8) is 0 Å². The van der Waals surface area contributed by atoms with Crippen molar-refractivity contribution in [2.24, 2.45) is 0 Å². The van der Waals surface area contributed by atoms with Crippen molar-refractivity contribution in [1.82, 2.24) is 0 Å². The van der Waals surface area contributed by atoms with Gasteiger partial charge in [-0.15, -0.1) is 0 Å². The minimum atomic E-state index is 1.16. The maximum atomic E-state index is 2.42. The van der Waals surface area contributed by atoms with E-state index < -0.39 is 0 Å². The molecule has 0 rings (SSSR count). The lowest BCUT2D eigenvalue weighted by Gasteiger charge is -2.03. The molecule has 0 unspecified atom stereocenters. The second-order valence-corrected chi connectivity index (χ2v) is 5.39. The summed E-state index contributed by atoms with van der Waals surface area (Å²) in [6, 6.07) is 0. The van der Waals surface area contributed by atoms with Crippen LogP contribution in [0.25, 0.3) is 0 Å². The molecule has 0 heteroatoms. The van der Waals surface area contributed by atoms with Crippen molar-refractivity contribution in [1.29, 1.82) is 0 Å². The number of rotatable bonds is 9. The second-order valence-electron chi connectivity index (χ2n) is 5.39. The summed E-state index contributed by atoms with van der Waals surface area (Å²) < 4.78 is 0. The average molecular weight is 248 g/mol. The summed E-state index contributed by atoms with van der Waals surface area (Å²) in [6.45, 7) is 11.2. The van der Waals surface area contributed by atoms with Gasteiger partial charge < -0.3 is 0 Å². The van der Waals surface area contributed by atoms with Crippen LogP contribution in [0.2, 0.25) is 0 Å². The van der Waals surface area contributed by atoms with Crippen LogP contribution in [0.1, 0.15) is 79.6 Å². The third kappa shape index (κ3) is 10.4. The van der Waals surface area contributed by atoms with Crippen molar-refractivity contribution >= 4 is 0 Å². The normalized spacial score (nSPS) is 14.2. The Bertz CT molecular complexity index is 289. The molecule has 0 radical (unpaired) electrons. The summed E-state index contributed by atoms with van der Waals surface area (Å²) in [6.07, 6.45) is 15.7. The zero-order chi connectivity index (χ0) is 13.8. The smallest absolute Gasteiger partial charge is 0.0286 e. The molecule has 0 fully saturated rings. The lowest BCUT2D eigenvalue weighted by Crippen LogP contribution is -1.83. The summed E-state index contributed by atoms with van der Waals surface area (Å²) in [5, 5.41) is 0. The van der Waals surface area contributed by atoms with Crippen LogP contribution in [-0.4, -0.2) is 0 Å². The van der Waals surface area contributed by atoms with Gasteiger partial charge in [0.1, 0.15) is 0 Å². The average Bonchev–Trinajstić information content (AvgIpc) is 2.34. The van der Waals surface area contributed by atoms with Crippen LogP contribution in [0.5, 0.6) is 0 Å². The fraction of sp³-hybridized carbons (Fsp3) is 0.667. The summed E-state index contributed by atoms with van der Waals surface area (Å²) in [5.41, 5.74) is 4.62. The van der Waals surface area contributed by atoms with Crippen molar-refractivity contribution < 1.29 is 0 Å². The maximum Gasteiger partial charge on any atom is -0.0286 e. The number of hydrogen-bond acceptors (Lipinski definition) is 0. The molecule has 0 N–H and O–H groups in total. The highest BCUT2D eigenvalue weighted by molar-refractivity contribution is 5.07. The third-order valence-corrected chi connectivity index (χ3v) is 3.28. The molecule has 0 amide bonds. The first kappa shape index (κ1) is 17.2. The van der Waals surface area contributed by atoms with Gasteiger partial charge in [-0.2, -0.15) is 0 Å². The Labute approximate surface area is 115 Å². The Kier molecular flexibility index (Phi) is 10.8. The van der Waals surface area contributed by atoms with Gasteiger partial charge in [-0.1, -0.05) is 55.2 Å². The van der Waals surface area contributed by atoms with Gasteiger partial charge in [0.05, 0.1) is 0 Å². The molecular formula is C18H32. The molecule has 0 atom stereocenters. The number of unbranched alkanes of at least 4 members (excludes halogenated alkanes) is 1. The lowest BCUT2D eigenvalue weighted by molar-refractivity contribution is 0.879. The molecular weight excluding hydrogens is 216 g/mol. The minimum Gasteiger partial charge on any atom is -0.0859 e. The molecule has 0 saturated carbocycles. The Hall–Kier alpha value is -0.780. The monoisotopic (exact) mass is 248 g/mol. The Morgan fingerprint density at radius 2 is 1.17 bits per heavy atom. The highest BCUT2D eigenvalue weighted by atomic mass is 14.0. The second kappa shape index (κ2) is 11.3. The van der Waals surface area contributed by atoms with E-state index in [0.717, 1.165) is 6.42 Å². The molecule has 0 bridgehead atoms. The lowest BCUT2D eigenvalue weighted by atomic mass is 10.0. The van der Waals surface area contributed by atoms with E-state index in [4.69, 9.17) is 0 Å². The predicted molar refractivity (Wildman–Crippen MR) is 84.9 cm³/mol. The molecule has 18 heavy (non-hydrogen) atoms. The highest BCUT2D eigenvalue weighted by Crippen LogP contribution is 2.14. The Morgan fingerprint density at radius 3 is 1.72 bits per heavy atom. The van der Waals surface area contributed by atoms with Crippen LogP contribution in [0.3, 0.4) is 0 Å². The van der Waals surface area contributed by atoms with E-state index >= 15 is 0 Å². The topological polar surface area (TPSA) is 0 Å². The standard InChI is InChI=1S/C18H32/c1-6-8-11-17(4)12-9-13-18(5)15-14-16(3)10-7-2/h10-11,13H,6-9,12,14-15H2,1-5H3/b16-10-,17-11+,18-13+. The summed E-state index contributed by atoms with van der Waals surface area (Å²) in [5.74, 6) is 0. The van der Waals surface area contributed by atoms with Crippen molar-refractivity contribution in [2.75, 3.05) is 0 Å². The molecule has 0 heterocycles. The van der Waals surface area contributed by atoms with Crippen LogP contribution in [-0.2, 0) is 0 Å². The van der Waals surface area contributed by atoms with Crippen molar-refractivity contribution in [3.05, 3.63) is 34.9 Å². The summed E-state index contributed by atoms with van der Waals surface area (Å²) >= 11 is 0. The molecule has 104 valence electrons. The molecule has 0 spiro atoms. The van der Waals surface area contributed by atoms with Crippen LogP contribution in [0.4, 0.5) is 0 Å². The van der Waals surface area contributed by atoms with Crippen molar-refractivity contribution in [3.8, 4) is 0 Å². The van der Waals surface area contributed by atoms with E-state index in [1.54, 1.807) is 11.1 Å². The van der Waals surface area contributed by atoms with E-state index in [0.29, 0.717) is 0 Å². The van der Waals surface area contributed by atoms with E-state index in [1.165, 1.54) is 44.1 Å². The number of hydrogen-bond donors (Lipinski definition) is 0. The van der Waals surface area contributed by atoms with Crippen LogP contribution in [0.15, 0.2) is 34.9 Å². The molecule has 0 aliphatic carbocycles. The Balaban J connectivity index is 3.87. The fourth-order valence-electron chi connectivity index (χ4n) is 1.99. The van der Waals surface area contributed by atoms with Gasteiger partial charge in [0, 0.05) is 0 Å². The maximum absolute atomic E-state index is 2.42. The van der Waals surface area contributed by atoms with E-state index in [-0.39, 0.29) is 0 Å². The molecule has 0 aromatic heterocycles. The first-order chi connectivity index (χ1) is 8.60.